The summed E-state index contributed by atoms with van der Waals surface area (Å²) >= 11 is 13.3. The molecule has 1 atom stereocenters. The smallest absolute Gasteiger partial charge is 0.247 e. The molecule has 1 aromatic carbocycles. The quantitative estimate of drug-likeness (QED) is 0.505. The molecule has 30 heavy (non-hydrogen) atoms. The molecule has 0 aliphatic carbocycles. The van der Waals surface area contributed by atoms with Crippen molar-refractivity contribution < 1.29 is 9.59 Å². The molecular formula is C19H19ClN6O2S2. The highest BCUT2D eigenvalue weighted by Crippen LogP contribution is 2.30. The molecule has 2 amide bonds. The number of aromatic nitrogens is 3. The molecule has 0 radical (unpaired) electrons. The normalized spacial score (nSPS) is 15.0. The molecule has 3 aromatic rings. The van der Waals surface area contributed by atoms with E-state index >= 15 is 0 Å². The standard InChI is InChI=1S/C19H19ClN6O2S2/c1-11(26-17(23-24-19(26)29)15-3-2-8-30-15)18(28)22-12-4-5-14(13(20)9-12)25-7-6-21-16(27)10-25/h2-5,8-9,11H,6-7,10H2,1H3,(H,21,27)(H,22,28)(H,24,29). The van der Waals surface area contributed by atoms with Crippen molar-refractivity contribution in [3.63, 3.8) is 0 Å². The van der Waals surface area contributed by atoms with E-state index in [0.717, 1.165) is 10.6 Å². The van der Waals surface area contributed by atoms with Gasteiger partial charge in [0.05, 0.1) is 22.1 Å². The Kier molecular flexibility index (Phi) is 5.89. The first-order chi connectivity index (χ1) is 14.4. The number of aromatic amines is 1. The zero-order chi connectivity index (χ0) is 21.3. The Morgan fingerprint density at radius 2 is 2.23 bits per heavy atom. The predicted molar refractivity (Wildman–Crippen MR) is 121 cm³/mol. The Morgan fingerprint density at radius 1 is 1.40 bits per heavy atom. The maximum atomic E-state index is 12.9. The molecule has 1 fully saturated rings. The summed E-state index contributed by atoms with van der Waals surface area (Å²) < 4.78 is 2.07. The van der Waals surface area contributed by atoms with Crippen LogP contribution < -0.4 is 15.5 Å². The van der Waals surface area contributed by atoms with Gasteiger partial charge >= 0.3 is 0 Å². The molecule has 0 spiro atoms. The summed E-state index contributed by atoms with van der Waals surface area (Å²) in [5, 5.41) is 15.1. The van der Waals surface area contributed by atoms with Gasteiger partial charge in [-0.05, 0) is 48.8 Å². The van der Waals surface area contributed by atoms with Gasteiger partial charge < -0.3 is 15.5 Å². The molecule has 4 rings (SSSR count). The van der Waals surface area contributed by atoms with Gasteiger partial charge in [-0.15, -0.1) is 11.3 Å². The van der Waals surface area contributed by atoms with Gasteiger partial charge in [0.25, 0.3) is 0 Å². The monoisotopic (exact) mass is 462 g/mol. The molecular weight excluding hydrogens is 444 g/mol. The van der Waals surface area contributed by atoms with Crippen molar-refractivity contribution in [3.8, 4) is 10.7 Å². The van der Waals surface area contributed by atoms with E-state index in [-0.39, 0.29) is 18.4 Å². The van der Waals surface area contributed by atoms with Crippen LogP contribution in [0.5, 0.6) is 0 Å². The maximum absolute atomic E-state index is 12.9. The summed E-state index contributed by atoms with van der Waals surface area (Å²) in [5.74, 6) is 0.336. The number of nitrogens with one attached hydrogen (secondary N) is 3. The topological polar surface area (TPSA) is 95.1 Å². The fraction of sp³-hybridized carbons (Fsp3) is 0.263. The molecule has 3 heterocycles. The molecule has 11 heteroatoms. The van der Waals surface area contributed by atoms with Gasteiger partial charge in [-0.3, -0.25) is 19.3 Å². The highest BCUT2D eigenvalue weighted by Gasteiger charge is 2.23. The van der Waals surface area contributed by atoms with Crippen LogP contribution in [0.1, 0.15) is 13.0 Å². The maximum Gasteiger partial charge on any atom is 0.247 e. The van der Waals surface area contributed by atoms with Gasteiger partial charge in [-0.1, -0.05) is 17.7 Å². The lowest BCUT2D eigenvalue weighted by Crippen LogP contribution is -2.47. The number of nitrogens with zero attached hydrogens (tertiary/aromatic N) is 3. The minimum absolute atomic E-state index is 0.0399. The minimum atomic E-state index is -0.586. The molecule has 2 aromatic heterocycles. The van der Waals surface area contributed by atoms with Gasteiger partial charge in [0.1, 0.15) is 6.04 Å². The first-order valence-electron chi connectivity index (χ1n) is 9.27. The number of amides is 2. The zero-order valence-corrected chi connectivity index (χ0v) is 18.4. The number of halogens is 1. The van der Waals surface area contributed by atoms with Crippen LogP contribution in [0.15, 0.2) is 35.7 Å². The van der Waals surface area contributed by atoms with E-state index < -0.39 is 6.04 Å². The number of benzene rings is 1. The number of rotatable bonds is 5. The Bertz CT molecular complexity index is 1140. The van der Waals surface area contributed by atoms with Crippen LogP contribution in [0.4, 0.5) is 11.4 Å². The van der Waals surface area contributed by atoms with Crippen LogP contribution in [0.3, 0.4) is 0 Å². The molecule has 1 saturated heterocycles. The van der Waals surface area contributed by atoms with Crippen LogP contribution in [-0.4, -0.2) is 46.2 Å². The van der Waals surface area contributed by atoms with Crippen molar-refractivity contribution in [2.75, 3.05) is 29.9 Å². The van der Waals surface area contributed by atoms with Crippen LogP contribution in [0, 0.1) is 4.77 Å². The van der Waals surface area contributed by atoms with Crippen molar-refractivity contribution in [3.05, 3.63) is 45.5 Å². The van der Waals surface area contributed by atoms with E-state index in [0.29, 0.717) is 34.4 Å². The van der Waals surface area contributed by atoms with Crippen molar-refractivity contribution in [1.82, 2.24) is 20.1 Å². The number of carbonyl (C=O) groups is 2. The molecule has 3 N–H and O–H groups in total. The predicted octanol–water partition coefficient (Wildman–Crippen LogP) is 3.46. The van der Waals surface area contributed by atoms with Gasteiger partial charge in [0.15, 0.2) is 10.6 Å². The highest BCUT2D eigenvalue weighted by atomic mass is 35.5. The number of H-pyrrole nitrogens is 1. The van der Waals surface area contributed by atoms with Gasteiger partial charge in [0.2, 0.25) is 11.8 Å². The van der Waals surface area contributed by atoms with E-state index in [1.807, 2.05) is 28.5 Å². The number of thiophene rings is 1. The molecule has 0 bridgehead atoms. The zero-order valence-electron chi connectivity index (χ0n) is 16.0. The van der Waals surface area contributed by atoms with Crippen LogP contribution in [0.2, 0.25) is 5.02 Å². The average Bonchev–Trinajstić information content (AvgIpc) is 3.37. The number of anilines is 2. The van der Waals surface area contributed by atoms with E-state index in [1.54, 1.807) is 23.6 Å². The Balaban J connectivity index is 1.52. The van der Waals surface area contributed by atoms with Crippen molar-refractivity contribution in [1.29, 1.82) is 0 Å². The van der Waals surface area contributed by atoms with Crippen molar-refractivity contribution >= 4 is 58.3 Å². The number of carbonyl (C=O) groups excluding carboxylic acids is 2. The van der Waals surface area contributed by atoms with E-state index in [9.17, 15) is 9.59 Å². The lowest BCUT2D eigenvalue weighted by molar-refractivity contribution is -0.120. The number of piperazine rings is 1. The second-order valence-electron chi connectivity index (χ2n) is 6.80. The second-order valence-corrected chi connectivity index (χ2v) is 8.54. The van der Waals surface area contributed by atoms with E-state index in [4.69, 9.17) is 23.8 Å². The fourth-order valence-electron chi connectivity index (χ4n) is 3.29. The van der Waals surface area contributed by atoms with E-state index in [2.05, 4.69) is 20.8 Å². The molecule has 1 aliphatic heterocycles. The summed E-state index contributed by atoms with van der Waals surface area (Å²) in [6, 6.07) is 8.52. The minimum Gasteiger partial charge on any atom is -0.359 e. The van der Waals surface area contributed by atoms with Gasteiger partial charge in [0, 0.05) is 18.8 Å². The van der Waals surface area contributed by atoms with E-state index in [1.165, 1.54) is 11.3 Å². The first kappa shape index (κ1) is 20.6. The van der Waals surface area contributed by atoms with Crippen molar-refractivity contribution in [2.24, 2.45) is 0 Å². The third-order valence-electron chi connectivity index (χ3n) is 4.81. The second kappa shape index (κ2) is 8.58. The number of hydrogen-bond acceptors (Lipinski definition) is 6. The molecule has 156 valence electrons. The summed E-state index contributed by atoms with van der Waals surface area (Å²) in [6.07, 6.45) is 0. The summed E-state index contributed by atoms with van der Waals surface area (Å²) in [4.78, 5) is 27.4. The van der Waals surface area contributed by atoms with Gasteiger partial charge in [-0.25, -0.2) is 0 Å². The average molecular weight is 463 g/mol. The molecule has 8 nitrogen and oxygen atoms in total. The third kappa shape index (κ3) is 4.11. The Labute approximate surface area is 186 Å². The van der Waals surface area contributed by atoms with Crippen LogP contribution in [-0.2, 0) is 9.59 Å². The largest absolute Gasteiger partial charge is 0.359 e. The van der Waals surface area contributed by atoms with Crippen molar-refractivity contribution in [2.45, 2.75) is 13.0 Å². The molecule has 1 aliphatic rings. The first-order valence-corrected chi connectivity index (χ1v) is 10.9. The van der Waals surface area contributed by atoms with Crippen LogP contribution >= 0.6 is 35.2 Å². The SMILES string of the molecule is CC(C(=O)Nc1ccc(N2CCNC(=O)C2)c(Cl)c1)n1c(-c2cccs2)n[nH]c1=S. The number of hydrogen-bond donors (Lipinski definition) is 3. The third-order valence-corrected chi connectivity index (χ3v) is 6.26. The van der Waals surface area contributed by atoms with Gasteiger partial charge in [-0.2, -0.15) is 5.10 Å². The van der Waals surface area contributed by atoms with Crippen LogP contribution in [0.25, 0.3) is 10.7 Å². The molecule has 1 unspecified atom stereocenters. The Morgan fingerprint density at radius 3 is 2.93 bits per heavy atom. The highest BCUT2D eigenvalue weighted by molar-refractivity contribution is 7.71. The summed E-state index contributed by atoms with van der Waals surface area (Å²) in [5.41, 5.74) is 1.32. The summed E-state index contributed by atoms with van der Waals surface area (Å²) in [6.45, 7) is 3.27. The molecule has 0 saturated carbocycles. The fourth-order valence-corrected chi connectivity index (χ4v) is 4.59. The summed E-state index contributed by atoms with van der Waals surface area (Å²) in [7, 11) is 0. The Hall–Kier alpha value is -2.69. The lowest BCUT2D eigenvalue weighted by Gasteiger charge is -2.29. The lowest BCUT2D eigenvalue weighted by atomic mass is 10.2.